The molecule has 5 rings (SSSR count). The first-order chi connectivity index (χ1) is 15.9. The number of fused-ring (bicyclic) bond motifs is 2. The van der Waals surface area contributed by atoms with Crippen molar-refractivity contribution in [2.45, 2.75) is 19.5 Å². The van der Waals surface area contributed by atoms with E-state index in [1.54, 1.807) is 24.0 Å². The lowest BCUT2D eigenvalue weighted by Crippen LogP contribution is -2.28. The Morgan fingerprint density at radius 3 is 2.39 bits per heavy atom. The van der Waals surface area contributed by atoms with E-state index in [1.807, 2.05) is 12.1 Å². The fraction of sp³-hybridized carbons (Fsp3) is 0.154. The summed E-state index contributed by atoms with van der Waals surface area (Å²) in [6.45, 7) is 2.18. The molecule has 33 heavy (non-hydrogen) atoms. The highest BCUT2D eigenvalue weighted by molar-refractivity contribution is 5.99. The van der Waals surface area contributed by atoms with Gasteiger partial charge in [0, 0.05) is 29.1 Å². The van der Waals surface area contributed by atoms with Gasteiger partial charge in [-0.1, -0.05) is 18.2 Å². The van der Waals surface area contributed by atoms with Crippen molar-refractivity contribution < 1.29 is 22.7 Å². The predicted octanol–water partition coefficient (Wildman–Crippen LogP) is 6.04. The van der Waals surface area contributed by atoms with Crippen molar-refractivity contribution in [2.75, 3.05) is 7.11 Å². The number of pyridine rings is 1. The molecule has 1 amide bonds. The molecule has 0 spiro atoms. The quantitative estimate of drug-likeness (QED) is 0.382. The number of aromatic nitrogens is 1. The number of rotatable bonds is 4. The monoisotopic (exact) mass is 448 g/mol. The third-order valence-corrected chi connectivity index (χ3v) is 6.00. The summed E-state index contributed by atoms with van der Waals surface area (Å²) in [5.74, 6) is -1.96. The van der Waals surface area contributed by atoms with Crippen LogP contribution in [-0.4, -0.2) is 22.9 Å². The third-order valence-electron chi connectivity index (χ3n) is 6.00. The SMILES string of the molecule is COc1c(-c2cc(F)cc(F)c2)c(C(C)N2Cc3ccccc3C2=O)nc2ccc(F)cc12. The topological polar surface area (TPSA) is 42.4 Å². The van der Waals surface area contributed by atoms with Crippen LogP contribution in [0.3, 0.4) is 0 Å². The minimum absolute atomic E-state index is 0.158. The number of carbonyl (C=O) groups excluding carboxylic acids is 1. The minimum atomic E-state index is -0.769. The fourth-order valence-corrected chi connectivity index (χ4v) is 4.45. The van der Waals surface area contributed by atoms with Gasteiger partial charge in [0.2, 0.25) is 0 Å². The van der Waals surface area contributed by atoms with E-state index in [1.165, 1.54) is 37.4 Å². The average molecular weight is 448 g/mol. The van der Waals surface area contributed by atoms with Gasteiger partial charge >= 0.3 is 0 Å². The molecule has 0 saturated carbocycles. The number of hydrogen-bond donors (Lipinski definition) is 0. The zero-order valence-corrected chi connectivity index (χ0v) is 17.9. The van der Waals surface area contributed by atoms with Crippen molar-refractivity contribution in [1.82, 2.24) is 9.88 Å². The van der Waals surface area contributed by atoms with Crippen LogP contribution in [0.4, 0.5) is 13.2 Å². The second-order valence-electron chi connectivity index (χ2n) is 7.99. The Morgan fingerprint density at radius 2 is 1.70 bits per heavy atom. The molecule has 1 atom stereocenters. The van der Waals surface area contributed by atoms with E-state index in [-0.39, 0.29) is 17.2 Å². The van der Waals surface area contributed by atoms with Crippen LogP contribution >= 0.6 is 0 Å². The molecule has 3 aromatic carbocycles. The molecule has 1 aromatic heterocycles. The van der Waals surface area contributed by atoms with Crippen molar-refractivity contribution in [3.8, 4) is 16.9 Å². The molecule has 0 saturated heterocycles. The highest BCUT2D eigenvalue weighted by Crippen LogP contribution is 2.43. The standard InChI is InChI=1S/C26H19F3N2O2/c1-14(31-13-15-5-3-4-6-20(15)26(31)32)24-23(16-9-18(28)11-19(29)10-16)25(33-2)21-12-17(27)7-8-22(21)30-24/h3-12,14H,13H2,1-2H3. The summed E-state index contributed by atoms with van der Waals surface area (Å²) in [6.07, 6.45) is 0. The zero-order valence-electron chi connectivity index (χ0n) is 17.9. The van der Waals surface area contributed by atoms with Crippen LogP contribution in [0, 0.1) is 17.5 Å². The first kappa shape index (κ1) is 21.0. The number of amides is 1. The molecule has 1 aliphatic rings. The van der Waals surface area contributed by atoms with Crippen molar-refractivity contribution in [3.63, 3.8) is 0 Å². The summed E-state index contributed by atoms with van der Waals surface area (Å²) in [7, 11) is 1.41. The molecule has 7 heteroatoms. The van der Waals surface area contributed by atoms with Crippen molar-refractivity contribution in [2.24, 2.45) is 0 Å². The van der Waals surface area contributed by atoms with E-state index in [4.69, 9.17) is 9.72 Å². The molecular weight excluding hydrogens is 429 g/mol. The Bertz CT molecular complexity index is 1400. The molecule has 0 fully saturated rings. The summed E-state index contributed by atoms with van der Waals surface area (Å²) < 4.78 is 48.1. The highest BCUT2D eigenvalue weighted by Gasteiger charge is 2.34. The van der Waals surface area contributed by atoms with Gasteiger partial charge in [-0.3, -0.25) is 4.79 Å². The van der Waals surface area contributed by atoms with Crippen molar-refractivity contribution in [3.05, 3.63) is 94.9 Å². The van der Waals surface area contributed by atoms with Crippen LogP contribution < -0.4 is 4.74 Å². The van der Waals surface area contributed by atoms with Crippen LogP contribution in [0.5, 0.6) is 5.75 Å². The first-order valence-corrected chi connectivity index (χ1v) is 10.4. The first-order valence-electron chi connectivity index (χ1n) is 10.4. The van der Waals surface area contributed by atoms with Crippen LogP contribution in [0.15, 0.2) is 60.7 Å². The number of carbonyl (C=O) groups is 1. The molecule has 1 aliphatic heterocycles. The normalized spacial score (nSPS) is 14.0. The van der Waals surface area contributed by atoms with Crippen LogP contribution in [0.1, 0.15) is 34.6 Å². The van der Waals surface area contributed by atoms with Gasteiger partial charge in [-0.05, 0) is 54.4 Å². The molecule has 4 aromatic rings. The molecule has 0 aliphatic carbocycles. The molecule has 0 bridgehead atoms. The summed E-state index contributed by atoms with van der Waals surface area (Å²) in [6, 6.07) is 13.9. The summed E-state index contributed by atoms with van der Waals surface area (Å²) in [5.41, 5.74) is 2.84. The minimum Gasteiger partial charge on any atom is -0.495 e. The van der Waals surface area contributed by atoms with E-state index in [2.05, 4.69) is 0 Å². The maximum Gasteiger partial charge on any atom is 0.255 e. The Kier molecular flexibility index (Phi) is 5.04. The van der Waals surface area contributed by atoms with E-state index < -0.39 is 23.5 Å². The molecule has 2 heterocycles. The number of hydrogen-bond acceptors (Lipinski definition) is 3. The second kappa shape index (κ2) is 7.92. The predicted molar refractivity (Wildman–Crippen MR) is 118 cm³/mol. The number of benzene rings is 3. The molecular formula is C26H19F3N2O2. The third kappa shape index (κ3) is 3.50. The van der Waals surface area contributed by atoms with E-state index in [0.29, 0.717) is 34.3 Å². The second-order valence-corrected chi connectivity index (χ2v) is 7.99. The summed E-state index contributed by atoms with van der Waals surface area (Å²) in [4.78, 5) is 19.5. The lowest BCUT2D eigenvalue weighted by molar-refractivity contribution is 0.0713. The van der Waals surface area contributed by atoms with Crippen molar-refractivity contribution >= 4 is 16.8 Å². The summed E-state index contributed by atoms with van der Waals surface area (Å²) >= 11 is 0. The van der Waals surface area contributed by atoms with Crippen LogP contribution in [-0.2, 0) is 6.54 Å². The van der Waals surface area contributed by atoms with Gasteiger partial charge in [0.15, 0.2) is 0 Å². The molecule has 0 radical (unpaired) electrons. The van der Waals surface area contributed by atoms with Gasteiger partial charge in [0.25, 0.3) is 5.91 Å². The molecule has 166 valence electrons. The number of methoxy groups -OCH3 is 1. The van der Waals surface area contributed by atoms with Gasteiger partial charge in [0.05, 0.1) is 24.4 Å². The van der Waals surface area contributed by atoms with E-state index in [0.717, 1.165) is 11.6 Å². The van der Waals surface area contributed by atoms with E-state index in [9.17, 15) is 18.0 Å². The Labute approximate surface area is 188 Å². The maximum absolute atomic E-state index is 14.2. The van der Waals surface area contributed by atoms with Gasteiger partial charge in [-0.2, -0.15) is 0 Å². The molecule has 1 unspecified atom stereocenters. The zero-order chi connectivity index (χ0) is 23.3. The lowest BCUT2D eigenvalue weighted by Gasteiger charge is -2.27. The Hall–Kier alpha value is -3.87. The largest absolute Gasteiger partial charge is 0.495 e. The van der Waals surface area contributed by atoms with Crippen LogP contribution in [0.25, 0.3) is 22.0 Å². The Morgan fingerprint density at radius 1 is 0.970 bits per heavy atom. The van der Waals surface area contributed by atoms with Gasteiger partial charge in [-0.15, -0.1) is 0 Å². The Balaban J connectivity index is 1.76. The maximum atomic E-state index is 14.2. The van der Waals surface area contributed by atoms with E-state index >= 15 is 0 Å². The average Bonchev–Trinajstić information content (AvgIpc) is 3.13. The fourth-order valence-electron chi connectivity index (χ4n) is 4.45. The number of ether oxygens (including phenoxy) is 1. The highest BCUT2D eigenvalue weighted by atomic mass is 19.1. The summed E-state index contributed by atoms with van der Waals surface area (Å²) in [5, 5.41) is 0.365. The lowest BCUT2D eigenvalue weighted by atomic mass is 9.95. The molecule has 0 N–H and O–H groups in total. The number of nitrogens with zero attached hydrogens (tertiary/aromatic N) is 2. The van der Waals surface area contributed by atoms with Gasteiger partial charge < -0.3 is 9.64 Å². The van der Waals surface area contributed by atoms with Crippen molar-refractivity contribution in [1.29, 1.82) is 0 Å². The number of halogens is 3. The van der Waals surface area contributed by atoms with Gasteiger partial charge in [0.1, 0.15) is 23.2 Å². The van der Waals surface area contributed by atoms with Crippen LogP contribution in [0.2, 0.25) is 0 Å². The molecule has 4 nitrogen and oxygen atoms in total. The van der Waals surface area contributed by atoms with Gasteiger partial charge in [-0.25, -0.2) is 18.2 Å². The smallest absolute Gasteiger partial charge is 0.255 e.